The van der Waals surface area contributed by atoms with Crippen molar-refractivity contribution in [3.05, 3.63) is 115 Å². The van der Waals surface area contributed by atoms with E-state index in [1.807, 2.05) is 68.9 Å². The number of urea groups is 2. The molecule has 312 valence electrons. The molecular weight excluding hydrogens is 755 g/mol. The van der Waals surface area contributed by atoms with Crippen LogP contribution in [-0.4, -0.2) is 95.1 Å². The maximum absolute atomic E-state index is 12.6. The average Bonchev–Trinajstić information content (AvgIpc) is 4.05. The van der Waals surface area contributed by atoms with Crippen LogP contribution in [0.25, 0.3) is 22.5 Å². The van der Waals surface area contributed by atoms with Gasteiger partial charge in [-0.2, -0.15) is 5.26 Å². The largest absolute Gasteiger partial charge is 0.393 e. The molecule has 0 spiro atoms. The highest BCUT2D eigenvalue weighted by atomic mass is 16.3. The number of amides is 4. The molecule has 2 saturated heterocycles. The van der Waals surface area contributed by atoms with Gasteiger partial charge in [0.25, 0.3) is 0 Å². The Hall–Kier alpha value is -5.97. The van der Waals surface area contributed by atoms with Gasteiger partial charge in [0.15, 0.2) is 0 Å². The van der Waals surface area contributed by atoms with Crippen LogP contribution in [0, 0.1) is 23.2 Å². The standard InChI is InChI=1S/C25H25N5O2.C22H30N4O2/c26-14-17-5-7-19(8-6-17)28-25(32)29-11-9-18(10-12-29)24(31)13-22-20-3-1-2-4-21(20)23-15-27-16-30(22)23;1-22(2,3)24-21(28)25-10-8-15(9-11-25)20(27)12-18-16-6-4-5-7-17(16)19-13-23-14-26(18)19/h1-8,15-16,18,22,24,31H,9-13H2,(H,28,32);4-7,13-15,18,20,27H,8-12H2,1-3H3,(H,24,28). The molecule has 9 rings (SSSR count). The molecule has 5 aromatic rings. The van der Waals surface area contributed by atoms with Gasteiger partial charge in [-0.3, -0.25) is 0 Å². The summed E-state index contributed by atoms with van der Waals surface area (Å²) in [4.78, 5) is 37.2. The second-order valence-corrected chi connectivity index (χ2v) is 17.6. The third kappa shape index (κ3) is 8.67. The van der Waals surface area contributed by atoms with Crippen LogP contribution in [0.3, 0.4) is 0 Å². The number of piperidine rings is 2. The predicted octanol–water partition coefficient (Wildman–Crippen LogP) is 7.44. The number of hydrogen-bond donors (Lipinski definition) is 4. The van der Waals surface area contributed by atoms with Gasteiger partial charge < -0.3 is 39.8 Å². The highest BCUT2D eigenvalue weighted by Crippen LogP contribution is 2.44. The number of carbonyl (C=O) groups is 2. The van der Waals surface area contributed by atoms with Crippen molar-refractivity contribution in [3.63, 3.8) is 0 Å². The molecule has 0 bridgehead atoms. The molecule has 60 heavy (non-hydrogen) atoms. The third-order valence-electron chi connectivity index (χ3n) is 12.6. The van der Waals surface area contributed by atoms with E-state index in [9.17, 15) is 19.8 Å². The number of fused-ring (bicyclic) bond motifs is 6. The van der Waals surface area contributed by atoms with Gasteiger partial charge in [0, 0.05) is 48.5 Å². The Morgan fingerprint density at radius 1 is 0.717 bits per heavy atom. The molecule has 4 aliphatic heterocycles. The highest BCUT2D eigenvalue weighted by Gasteiger charge is 2.36. The number of aliphatic hydroxyl groups excluding tert-OH is 2. The summed E-state index contributed by atoms with van der Waals surface area (Å²) in [6, 6.07) is 25.7. The summed E-state index contributed by atoms with van der Waals surface area (Å²) >= 11 is 0. The minimum absolute atomic E-state index is 0.00628. The predicted molar refractivity (Wildman–Crippen MR) is 230 cm³/mol. The summed E-state index contributed by atoms with van der Waals surface area (Å²) < 4.78 is 4.34. The molecule has 4 atom stereocenters. The highest BCUT2D eigenvalue weighted by molar-refractivity contribution is 5.89. The van der Waals surface area contributed by atoms with Gasteiger partial charge in [-0.15, -0.1) is 0 Å². The number of nitrogens with zero attached hydrogens (tertiary/aromatic N) is 7. The van der Waals surface area contributed by atoms with E-state index in [-0.39, 0.29) is 47.6 Å². The van der Waals surface area contributed by atoms with E-state index in [1.165, 1.54) is 22.3 Å². The molecule has 3 aromatic carbocycles. The molecule has 2 fully saturated rings. The monoisotopic (exact) mass is 809 g/mol. The van der Waals surface area contributed by atoms with E-state index in [1.54, 1.807) is 29.2 Å². The van der Waals surface area contributed by atoms with E-state index in [2.05, 4.69) is 66.1 Å². The first-order chi connectivity index (χ1) is 29.0. The molecule has 0 radical (unpaired) electrons. The van der Waals surface area contributed by atoms with E-state index in [0.717, 1.165) is 37.1 Å². The van der Waals surface area contributed by atoms with Crippen LogP contribution in [0.15, 0.2) is 97.8 Å². The topological polar surface area (TPSA) is 165 Å². The molecule has 4 N–H and O–H groups in total. The lowest BCUT2D eigenvalue weighted by atomic mass is 9.86. The van der Waals surface area contributed by atoms with Gasteiger partial charge in [0.1, 0.15) is 0 Å². The first-order valence-corrected chi connectivity index (χ1v) is 21.2. The lowest BCUT2D eigenvalue weighted by molar-refractivity contribution is 0.0532. The van der Waals surface area contributed by atoms with Crippen LogP contribution in [0.1, 0.15) is 88.1 Å². The van der Waals surface area contributed by atoms with Crippen LogP contribution in [0.5, 0.6) is 0 Å². The number of aliphatic hydroxyl groups is 2. The number of benzene rings is 3. The zero-order chi connectivity index (χ0) is 42.0. The van der Waals surface area contributed by atoms with Crippen molar-refractivity contribution in [3.8, 4) is 28.6 Å². The Morgan fingerprint density at radius 2 is 1.17 bits per heavy atom. The van der Waals surface area contributed by atoms with Gasteiger partial charge in [0.05, 0.1) is 72.4 Å². The summed E-state index contributed by atoms with van der Waals surface area (Å²) in [6.07, 6.45) is 11.2. The maximum Gasteiger partial charge on any atom is 0.321 e. The van der Waals surface area contributed by atoms with Gasteiger partial charge >= 0.3 is 12.1 Å². The molecule has 4 unspecified atom stereocenters. The van der Waals surface area contributed by atoms with Gasteiger partial charge in [0.2, 0.25) is 0 Å². The first-order valence-electron chi connectivity index (χ1n) is 21.2. The quantitative estimate of drug-likeness (QED) is 0.133. The smallest absolute Gasteiger partial charge is 0.321 e. The Kier molecular flexibility index (Phi) is 11.8. The van der Waals surface area contributed by atoms with Gasteiger partial charge in [-0.05, 0) is 107 Å². The van der Waals surface area contributed by atoms with Gasteiger partial charge in [-0.25, -0.2) is 19.6 Å². The zero-order valence-corrected chi connectivity index (χ0v) is 34.6. The number of aromatic nitrogens is 4. The second-order valence-electron chi connectivity index (χ2n) is 17.6. The van der Waals surface area contributed by atoms with Gasteiger partial charge in [-0.1, -0.05) is 48.5 Å². The number of likely N-dealkylation sites (tertiary alicyclic amines) is 2. The summed E-state index contributed by atoms with van der Waals surface area (Å²) in [5.41, 5.74) is 8.14. The average molecular weight is 810 g/mol. The van der Waals surface area contributed by atoms with E-state index in [4.69, 9.17) is 5.26 Å². The minimum Gasteiger partial charge on any atom is -0.393 e. The summed E-state index contributed by atoms with van der Waals surface area (Å²) in [7, 11) is 0. The van der Waals surface area contributed by atoms with Crippen molar-refractivity contribution in [2.75, 3.05) is 31.5 Å². The van der Waals surface area contributed by atoms with Crippen LogP contribution in [0.4, 0.5) is 15.3 Å². The number of carbonyl (C=O) groups excluding carboxylic acids is 2. The van der Waals surface area contributed by atoms with Crippen LogP contribution in [-0.2, 0) is 0 Å². The van der Waals surface area contributed by atoms with Crippen LogP contribution >= 0.6 is 0 Å². The van der Waals surface area contributed by atoms with Crippen LogP contribution < -0.4 is 10.6 Å². The van der Waals surface area contributed by atoms with Crippen molar-refractivity contribution >= 4 is 17.7 Å². The Balaban J connectivity index is 0.000000168. The second kappa shape index (κ2) is 17.3. The first kappa shape index (κ1) is 40.8. The fraction of sp³-hybridized carbons (Fsp3) is 0.426. The summed E-state index contributed by atoms with van der Waals surface area (Å²) in [5.74, 6) is 0.382. The Morgan fingerprint density at radius 3 is 1.62 bits per heavy atom. The van der Waals surface area contributed by atoms with E-state index < -0.39 is 6.10 Å². The van der Waals surface area contributed by atoms with Crippen molar-refractivity contribution < 1.29 is 19.8 Å². The van der Waals surface area contributed by atoms with Crippen molar-refractivity contribution in [2.24, 2.45) is 11.8 Å². The molecule has 0 aliphatic carbocycles. The Labute approximate surface area is 351 Å². The number of hydrogen-bond acceptors (Lipinski definition) is 7. The fourth-order valence-corrected chi connectivity index (χ4v) is 9.39. The third-order valence-corrected chi connectivity index (χ3v) is 12.6. The van der Waals surface area contributed by atoms with Crippen molar-refractivity contribution in [1.82, 2.24) is 34.2 Å². The van der Waals surface area contributed by atoms with E-state index >= 15 is 0 Å². The Bertz CT molecular complexity index is 2320. The SMILES string of the molecule is CC(C)(C)NC(=O)N1CCC(C(O)CC2c3ccccc3-c3cncn32)CC1.N#Cc1ccc(NC(=O)N2CCC(C(O)CC3c4ccccc4-c4cncn43)CC2)cc1. The number of nitrogens with one attached hydrogen (secondary N) is 2. The number of rotatable bonds is 7. The number of imidazole rings is 2. The summed E-state index contributed by atoms with van der Waals surface area (Å²) in [6.45, 7) is 8.59. The van der Waals surface area contributed by atoms with Crippen LogP contribution in [0.2, 0.25) is 0 Å². The number of anilines is 1. The van der Waals surface area contributed by atoms with Crippen molar-refractivity contribution in [1.29, 1.82) is 5.26 Å². The molecule has 13 heteroatoms. The maximum atomic E-state index is 12.6. The molecule has 6 heterocycles. The minimum atomic E-state index is -0.440. The lowest BCUT2D eigenvalue weighted by Crippen LogP contribution is -2.51. The molecule has 0 saturated carbocycles. The van der Waals surface area contributed by atoms with E-state index in [0.29, 0.717) is 50.3 Å². The molecule has 4 amide bonds. The molecular formula is C47H55N9O4. The zero-order valence-electron chi connectivity index (χ0n) is 34.6. The summed E-state index contributed by atoms with van der Waals surface area (Å²) in [5, 5.41) is 36.8. The fourth-order valence-electron chi connectivity index (χ4n) is 9.39. The normalized spacial score (nSPS) is 19.5. The van der Waals surface area contributed by atoms with Crippen molar-refractivity contribution in [2.45, 2.75) is 89.1 Å². The lowest BCUT2D eigenvalue weighted by Gasteiger charge is -2.36. The molecule has 4 aliphatic rings. The molecule has 13 nitrogen and oxygen atoms in total. The molecule has 2 aromatic heterocycles. The number of nitriles is 1.